The van der Waals surface area contributed by atoms with E-state index in [1.165, 1.54) is 68.7 Å². The molecular formula is C84H124Cl4F4N12O20. The van der Waals surface area contributed by atoms with Crippen LogP contribution in [0.5, 0.6) is 0 Å². The number of rotatable bonds is 42. The fraction of sp³-hybridized carbons (Fsp3) is 0.667. The predicted octanol–water partition coefficient (Wildman–Crippen LogP) is 12.3. The average Bonchev–Trinajstić information content (AvgIpc) is 1.62. The molecule has 16 atom stereocenters. The second kappa shape index (κ2) is 51.3. The van der Waals surface area contributed by atoms with Gasteiger partial charge < -0.3 is 99.4 Å². The fourth-order valence-corrected chi connectivity index (χ4v) is 14.4. The second-order valence-electron chi connectivity index (χ2n) is 31.0. The molecule has 0 unspecified atom stereocenters. The topological polar surface area (TPSA) is 414 Å². The van der Waals surface area contributed by atoms with Crippen molar-refractivity contribution >= 4 is 118 Å². The van der Waals surface area contributed by atoms with Gasteiger partial charge in [-0.2, -0.15) is 0 Å². The number of halogens is 8. The van der Waals surface area contributed by atoms with E-state index in [0.29, 0.717) is 25.7 Å². The Hall–Kier alpha value is -8.52. The molecule has 4 fully saturated rings. The third-order valence-electron chi connectivity index (χ3n) is 20.5. The van der Waals surface area contributed by atoms with Gasteiger partial charge in [0.2, 0.25) is 0 Å². The Bertz CT molecular complexity index is 3920. The molecule has 0 aromatic carbocycles. The number of carbonyl (C=O) groups is 8. The van der Waals surface area contributed by atoms with Gasteiger partial charge in [0.25, 0.3) is 0 Å². The molecule has 8 aliphatic heterocycles. The number of ether oxygens (including phenoxy) is 12. The lowest BCUT2D eigenvalue weighted by Gasteiger charge is -2.33. The third kappa shape index (κ3) is 29.3. The number of aliphatic imine (C=N–C) groups is 4. The number of esters is 8. The van der Waals surface area contributed by atoms with Gasteiger partial charge in [-0.1, -0.05) is 160 Å². The Morgan fingerprint density at radius 1 is 0.371 bits per heavy atom. The highest BCUT2D eigenvalue weighted by Gasteiger charge is 2.65. The number of hydrogen-bond acceptors (Lipinski definition) is 32. The van der Waals surface area contributed by atoms with Crippen molar-refractivity contribution in [2.45, 2.75) is 294 Å². The average molecular weight is 1840 g/mol. The maximum atomic E-state index is 15.9. The van der Waals surface area contributed by atoms with Gasteiger partial charge in [-0.25, -0.2) is 37.5 Å². The van der Waals surface area contributed by atoms with E-state index in [2.05, 4.69) is 60.1 Å². The minimum Gasteiger partial charge on any atom is -0.462 e. The van der Waals surface area contributed by atoms with Crippen LogP contribution in [-0.4, -0.2) is 237 Å². The molecule has 0 aromatic rings. The summed E-state index contributed by atoms with van der Waals surface area (Å²) in [5.41, 5.74) is 16.3. The Labute approximate surface area is 743 Å². The fourth-order valence-electron chi connectivity index (χ4n) is 13.2. The molecule has 8 aliphatic rings. The lowest BCUT2D eigenvalue weighted by Crippen LogP contribution is -2.51. The van der Waals surface area contributed by atoms with Gasteiger partial charge >= 0.3 is 47.8 Å². The number of nitrogens with zero attached hydrogens (tertiary/aromatic N) is 8. The zero-order valence-corrected chi connectivity index (χ0v) is 75.4. The van der Waals surface area contributed by atoms with Crippen molar-refractivity contribution in [3.05, 3.63) is 98.7 Å². The van der Waals surface area contributed by atoms with Gasteiger partial charge in [-0.3, -0.25) is 38.4 Å². The number of amidine groups is 4. The molecule has 0 bridgehead atoms. The van der Waals surface area contributed by atoms with Gasteiger partial charge in [-0.15, -0.1) is 46.4 Å². The maximum Gasteiger partial charge on any atom is 0.308 e. The molecule has 124 heavy (non-hydrogen) atoms. The zero-order valence-electron chi connectivity index (χ0n) is 72.4. The number of hydrogen-bond donors (Lipinski definition) is 4. The minimum absolute atomic E-state index is 0.0398. The summed E-state index contributed by atoms with van der Waals surface area (Å²) < 4.78 is 129. The summed E-state index contributed by atoms with van der Waals surface area (Å²) >= 11 is 24.7. The van der Waals surface area contributed by atoms with Gasteiger partial charge in [0.1, 0.15) is 73.1 Å². The lowest BCUT2D eigenvalue weighted by atomic mass is 9.98. The summed E-state index contributed by atoms with van der Waals surface area (Å²) in [6.07, 6.45) is 7.55. The Balaban J connectivity index is 0.000000296. The van der Waals surface area contributed by atoms with Crippen LogP contribution in [0.2, 0.25) is 0 Å². The van der Waals surface area contributed by atoms with Crippen molar-refractivity contribution in [3.8, 4) is 0 Å². The molecule has 0 spiro atoms. The number of nitrogens with two attached hydrogens (primary N) is 4. The van der Waals surface area contributed by atoms with Crippen molar-refractivity contribution < 1.29 is 113 Å². The van der Waals surface area contributed by atoms with Crippen LogP contribution in [0.4, 0.5) is 17.6 Å². The van der Waals surface area contributed by atoms with Gasteiger partial charge in [-0.05, 0) is 50.0 Å². The van der Waals surface area contributed by atoms with E-state index in [1.807, 2.05) is 13.8 Å². The first-order valence-corrected chi connectivity index (χ1v) is 43.9. The van der Waals surface area contributed by atoms with Gasteiger partial charge in [0.05, 0.1) is 35.4 Å². The van der Waals surface area contributed by atoms with Crippen molar-refractivity contribution in [1.82, 2.24) is 19.6 Å². The van der Waals surface area contributed by atoms with E-state index in [4.69, 9.17) is 126 Å². The Morgan fingerprint density at radius 3 is 0.895 bits per heavy atom. The summed E-state index contributed by atoms with van der Waals surface area (Å²) in [6.45, 7) is 31.5. The maximum absolute atomic E-state index is 15.9. The van der Waals surface area contributed by atoms with Crippen molar-refractivity contribution in [2.75, 3.05) is 49.9 Å². The largest absolute Gasteiger partial charge is 0.462 e. The lowest BCUT2D eigenvalue weighted by molar-refractivity contribution is -0.178. The molecule has 40 heteroatoms. The molecule has 0 aromatic heterocycles. The summed E-state index contributed by atoms with van der Waals surface area (Å²) in [5.74, 6) is -4.74. The van der Waals surface area contributed by atoms with Gasteiger partial charge in [0.15, 0.2) is 96.4 Å². The molecule has 32 nitrogen and oxygen atoms in total. The molecule has 0 aliphatic carbocycles. The summed E-state index contributed by atoms with van der Waals surface area (Å²) in [6, 6.07) is 0. The van der Waals surface area contributed by atoms with Crippen LogP contribution in [0.15, 0.2) is 119 Å². The third-order valence-corrected chi connectivity index (χ3v) is 22.3. The highest BCUT2D eigenvalue weighted by atomic mass is 35.5. The summed E-state index contributed by atoms with van der Waals surface area (Å²) in [4.78, 5) is 118. The van der Waals surface area contributed by atoms with Crippen LogP contribution in [0.3, 0.4) is 0 Å². The predicted molar refractivity (Wildman–Crippen MR) is 459 cm³/mol. The normalized spacial score (nSPS) is 28.0. The molecule has 8 rings (SSSR count). The van der Waals surface area contributed by atoms with Crippen LogP contribution >= 0.6 is 46.4 Å². The molecule has 0 radical (unpaired) electrons. The highest BCUT2D eigenvalue weighted by molar-refractivity contribution is 6.19. The molecular weight excluding hydrogens is 1710 g/mol. The van der Waals surface area contributed by atoms with E-state index in [9.17, 15) is 38.4 Å². The minimum atomic E-state index is -1.81. The first-order chi connectivity index (χ1) is 58.8. The standard InChI is InChI=1S/C27H43ClFN3O5.C21H31ClFN3O5.C19H27ClFN3O5.C17H23ClFN3O5/c1-4-6-8-10-12-14-22(33)35-19-27(18-28)25(36-23(34)15-13-11-9-7-5-2)24(29)26(37-27)32-17-16-21(30)31-20(32)3;1-4-6-8-16(27)29-13-21(12-22)19(30-17(28)9-7-5-2)18(23)20(31-21)26-11-10-15(24)25-14(26)3;1-10(2)17(25)27-9-19(8-20)15(28-18(26)11(3)4)14(21)16(29-19)24-7-6-13(22)23-12(24)5;1-4-12(23)25-9-17(8-18)15(26-13(24)5-2)14(19)16(27-17)22-7-6-11(20)21-10(22)3/h16-17,24-26H,3-15,18-19H2,1-2H3,(H2,30,31);10-11,18-20H,3-9,12-13H2,1-2H3,(H2,24,25);6-7,10-11,14-16H,5,8-9H2,1-4H3,(H2,22,23);6-7,14-16H,3-5,8-9H2,1-2H3,(H2,20,21)/t24-,25+,26-,27-;18-,19+,20-,21-;14-,15+,16-,19-;14-,15+,16-,17-/m1111/s1. The van der Waals surface area contributed by atoms with E-state index < -0.39 is 156 Å². The quantitative estimate of drug-likeness (QED) is 0.0145. The summed E-state index contributed by atoms with van der Waals surface area (Å²) in [7, 11) is 0. The highest BCUT2D eigenvalue weighted by Crippen LogP contribution is 2.46. The number of unbranched alkanes of at least 4 members (excludes halogenated alkanes) is 10. The first-order valence-electron chi connectivity index (χ1n) is 41.8. The van der Waals surface area contributed by atoms with Crippen LogP contribution in [0.1, 0.15) is 198 Å². The van der Waals surface area contributed by atoms with Crippen molar-refractivity contribution in [3.63, 3.8) is 0 Å². The van der Waals surface area contributed by atoms with Crippen molar-refractivity contribution in [2.24, 2.45) is 54.7 Å². The molecule has 4 saturated heterocycles. The van der Waals surface area contributed by atoms with E-state index in [-0.39, 0.29) is 135 Å². The monoisotopic (exact) mass is 1840 g/mol. The Kier molecular flexibility index (Phi) is 43.9. The first kappa shape index (κ1) is 106. The van der Waals surface area contributed by atoms with E-state index in [0.717, 1.165) is 64.2 Å². The van der Waals surface area contributed by atoms with E-state index in [1.54, 1.807) is 41.5 Å². The Morgan fingerprint density at radius 2 is 0.621 bits per heavy atom. The molecule has 696 valence electrons. The van der Waals surface area contributed by atoms with Crippen LogP contribution in [-0.2, 0) is 95.2 Å². The van der Waals surface area contributed by atoms with Crippen LogP contribution < -0.4 is 22.9 Å². The van der Waals surface area contributed by atoms with Crippen LogP contribution in [0.25, 0.3) is 0 Å². The second-order valence-corrected chi connectivity index (χ2v) is 32.1. The zero-order chi connectivity index (χ0) is 92.4. The molecule has 0 saturated carbocycles. The van der Waals surface area contributed by atoms with Crippen LogP contribution in [0, 0.1) is 11.8 Å². The van der Waals surface area contributed by atoms with Crippen molar-refractivity contribution in [1.29, 1.82) is 0 Å². The van der Waals surface area contributed by atoms with E-state index >= 15 is 17.6 Å². The SMILES string of the molecule is C=C1N=C(N)C=CN1[C@@H]1O[C@](CCl)(COC(=O)C(C)C)[C@@H](OC(=O)C(C)C)[C@H]1F.C=C1N=C(N)C=CN1[C@@H]1O[C@](CCl)(COC(=O)CC)[C@@H](OC(=O)CC)[C@H]1F.C=C1N=C(N)C=CN1[C@@H]1O[C@](CCl)(COC(=O)CCCC)[C@@H](OC(=O)CCCC)[C@H]1F.C=C1N=C(N)C=CN1[C@@H]1O[C@](CCl)(COC(=O)CCCCCCC)[C@@H](OC(=O)CCCCCCC)[C@H]1F. The smallest absolute Gasteiger partial charge is 0.308 e. The number of carbonyl (C=O) groups excluding carboxylic acids is 8. The molecule has 0 amide bonds. The number of alkyl halides is 8. The summed E-state index contributed by atoms with van der Waals surface area (Å²) in [5, 5.41) is 0. The molecule has 8 heterocycles. The van der Waals surface area contributed by atoms with Gasteiger partial charge in [0, 0.05) is 63.3 Å². The molecule has 8 N–H and O–H groups in total.